The molecule has 1 saturated heterocycles. The molecule has 0 radical (unpaired) electrons. The number of piperidine rings is 1. The van der Waals surface area contributed by atoms with Gasteiger partial charge in [0.2, 0.25) is 0 Å². The molecule has 0 aromatic carbocycles. The molecule has 3 heterocycles. The van der Waals surface area contributed by atoms with E-state index in [1.54, 1.807) is 17.1 Å². The van der Waals surface area contributed by atoms with Gasteiger partial charge in [-0.25, -0.2) is 4.79 Å². The van der Waals surface area contributed by atoms with Crippen LogP contribution in [0.25, 0.3) is 0 Å². The number of carbonyl (C=O) groups is 1. The van der Waals surface area contributed by atoms with E-state index in [0.29, 0.717) is 18.2 Å². The van der Waals surface area contributed by atoms with Gasteiger partial charge < -0.3 is 15.1 Å². The van der Waals surface area contributed by atoms with Gasteiger partial charge in [0, 0.05) is 32.0 Å². The normalized spacial score (nSPS) is 21.1. The van der Waals surface area contributed by atoms with Crippen LogP contribution in [-0.4, -0.2) is 63.8 Å². The van der Waals surface area contributed by atoms with E-state index in [9.17, 15) is 4.79 Å². The van der Waals surface area contributed by atoms with Gasteiger partial charge in [0.05, 0.1) is 24.1 Å². The molecule has 2 amide bonds. The fourth-order valence-corrected chi connectivity index (χ4v) is 3.45. The Morgan fingerprint density at radius 1 is 1.44 bits per heavy atom. The van der Waals surface area contributed by atoms with Gasteiger partial charge in [0.15, 0.2) is 0 Å². The first-order valence-electron chi connectivity index (χ1n) is 8.67. The van der Waals surface area contributed by atoms with Crippen LogP contribution in [0, 0.1) is 5.92 Å². The Bertz CT molecular complexity index is 701. The fourth-order valence-electron chi connectivity index (χ4n) is 3.45. The van der Waals surface area contributed by atoms with Crippen LogP contribution in [0.4, 0.5) is 10.5 Å². The fraction of sp³-hybridized carbons (Fsp3) is 0.500. The first-order chi connectivity index (χ1) is 12.0. The first kappa shape index (κ1) is 17.4. The Kier molecular flexibility index (Phi) is 5.33. The maximum atomic E-state index is 12.6. The van der Waals surface area contributed by atoms with E-state index in [1.165, 1.54) is 0 Å². The second-order valence-corrected chi connectivity index (χ2v) is 6.88. The molecule has 7 nitrogen and oxygen atoms in total. The molecule has 0 bridgehead atoms. The van der Waals surface area contributed by atoms with Gasteiger partial charge in [0.25, 0.3) is 0 Å². The predicted octanol–water partition coefficient (Wildman–Crippen LogP) is 2.13. The van der Waals surface area contributed by atoms with E-state index in [2.05, 4.69) is 34.3 Å². The standard InChI is InChI=1S/C18H26N6O/c1-14-11-22(2)9-7-17(14)23(3)18(25)21-16-10-20-24(13-16)12-15-6-4-5-8-19-15/h4-6,8,10,13-14,17H,7,9,11-12H2,1-3H3,(H,21,25)/t14-,17-/m0/s1. The summed E-state index contributed by atoms with van der Waals surface area (Å²) in [4.78, 5) is 21.0. The van der Waals surface area contributed by atoms with Gasteiger partial charge in [-0.05, 0) is 38.1 Å². The maximum Gasteiger partial charge on any atom is 0.321 e. The zero-order valence-electron chi connectivity index (χ0n) is 15.1. The highest BCUT2D eigenvalue weighted by atomic mass is 16.2. The SMILES string of the molecule is C[C@H]1CN(C)CC[C@@H]1N(C)C(=O)Nc1cnn(Cc2ccccn2)c1. The third-order valence-electron chi connectivity index (χ3n) is 4.82. The number of nitrogens with one attached hydrogen (secondary N) is 1. The minimum absolute atomic E-state index is 0.0845. The van der Waals surface area contributed by atoms with Crippen molar-refractivity contribution in [2.45, 2.75) is 25.9 Å². The summed E-state index contributed by atoms with van der Waals surface area (Å²) in [5, 5.41) is 7.24. The third-order valence-corrected chi connectivity index (χ3v) is 4.82. The quantitative estimate of drug-likeness (QED) is 0.924. The van der Waals surface area contributed by atoms with Gasteiger partial charge in [0.1, 0.15) is 0 Å². The number of likely N-dealkylation sites (tertiary alicyclic amines) is 1. The van der Waals surface area contributed by atoms with Crippen LogP contribution in [0.1, 0.15) is 19.0 Å². The van der Waals surface area contributed by atoms with Crippen LogP contribution in [0.15, 0.2) is 36.8 Å². The molecule has 0 aliphatic carbocycles. The summed E-state index contributed by atoms with van der Waals surface area (Å²) in [6, 6.07) is 5.97. The lowest BCUT2D eigenvalue weighted by molar-refractivity contribution is 0.113. The lowest BCUT2D eigenvalue weighted by atomic mass is 9.93. The van der Waals surface area contributed by atoms with E-state index in [4.69, 9.17) is 0 Å². The summed E-state index contributed by atoms with van der Waals surface area (Å²) >= 11 is 0. The van der Waals surface area contributed by atoms with E-state index in [0.717, 1.165) is 25.2 Å². The summed E-state index contributed by atoms with van der Waals surface area (Å²) in [5.74, 6) is 0.460. The molecule has 1 N–H and O–H groups in total. The van der Waals surface area contributed by atoms with Crippen molar-refractivity contribution in [2.75, 3.05) is 32.5 Å². The van der Waals surface area contributed by atoms with E-state index < -0.39 is 0 Å². The second kappa shape index (κ2) is 7.65. The number of anilines is 1. The monoisotopic (exact) mass is 342 g/mol. The van der Waals surface area contributed by atoms with Crippen molar-refractivity contribution in [3.8, 4) is 0 Å². The number of pyridine rings is 1. The molecule has 134 valence electrons. The number of nitrogens with zero attached hydrogens (tertiary/aromatic N) is 5. The van der Waals surface area contributed by atoms with Crippen molar-refractivity contribution < 1.29 is 4.79 Å². The molecular formula is C18H26N6O. The summed E-state index contributed by atoms with van der Waals surface area (Å²) in [6.45, 7) is 4.83. The van der Waals surface area contributed by atoms with Crippen LogP contribution in [0.3, 0.4) is 0 Å². The highest BCUT2D eigenvalue weighted by Crippen LogP contribution is 2.21. The highest BCUT2D eigenvalue weighted by Gasteiger charge is 2.30. The van der Waals surface area contributed by atoms with Crippen molar-refractivity contribution in [3.63, 3.8) is 0 Å². The minimum atomic E-state index is -0.0845. The number of urea groups is 1. The molecule has 0 spiro atoms. The lowest BCUT2D eigenvalue weighted by Crippen LogP contribution is -2.50. The smallest absolute Gasteiger partial charge is 0.321 e. The molecule has 7 heteroatoms. The molecule has 2 aromatic heterocycles. The Hall–Kier alpha value is -2.41. The van der Waals surface area contributed by atoms with Crippen molar-refractivity contribution in [1.82, 2.24) is 24.6 Å². The first-order valence-corrected chi connectivity index (χ1v) is 8.67. The molecule has 3 rings (SSSR count). The number of rotatable bonds is 4. The molecule has 1 aliphatic heterocycles. The van der Waals surface area contributed by atoms with Crippen LogP contribution >= 0.6 is 0 Å². The average molecular weight is 342 g/mol. The molecule has 1 fully saturated rings. The zero-order chi connectivity index (χ0) is 17.8. The maximum absolute atomic E-state index is 12.6. The van der Waals surface area contributed by atoms with Gasteiger partial charge in [-0.1, -0.05) is 13.0 Å². The molecule has 1 aliphatic rings. The van der Waals surface area contributed by atoms with E-state index >= 15 is 0 Å². The van der Waals surface area contributed by atoms with Crippen molar-refractivity contribution in [3.05, 3.63) is 42.5 Å². The second-order valence-electron chi connectivity index (χ2n) is 6.88. The number of aromatic nitrogens is 3. The van der Waals surface area contributed by atoms with Crippen LogP contribution in [0.2, 0.25) is 0 Å². The Morgan fingerprint density at radius 2 is 2.28 bits per heavy atom. The van der Waals surface area contributed by atoms with Gasteiger partial charge >= 0.3 is 6.03 Å². The van der Waals surface area contributed by atoms with Gasteiger partial charge in [-0.3, -0.25) is 9.67 Å². The zero-order valence-corrected chi connectivity index (χ0v) is 15.1. The molecule has 2 aromatic rings. The largest absolute Gasteiger partial charge is 0.324 e. The number of carbonyl (C=O) groups excluding carboxylic acids is 1. The van der Waals surface area contributed by atoms with Crippen LogP contribution in [-0.2, 0) is 6.54 Å². The van der Waals surface area contributed by atoms with Gasteiger partial charge in [-0.2, -0.15) is 5.10 Å². The summed E-state index contributed by atoms with van der Waals surface area (Å²) < 4.78 is 1.77. The molecule has 25 heavy (non-hydrogen) atoms. The van der Waals surface area contributed by atoms with Gasteiger partial charge in [-0.15, -0.1) is 0 Å². The van der Waals surface area contributed by atoms with Crippen molar-refractivity contribution >= 4 is 11.7 Å². The number of hydrogen-bond donors (Lipinski definition) is 1. The average Bonchev–Trinajstić information content (AvgIpc) is 3.02. The third kappa shape index (κ3) is 4.36. The Labute approximate surface area is 148 Å². The molecule has 0 saturated carbocycles. The van der Waals surface area contributed by atoms with Crippen LogP contribution < -0.4 is 5.32 Å². The summed E-state index contributed by atoms with van der Waals surface area (Å²) in [6.07, 6.45) is 6.27. The number of amides is 2. The summed E-state index contributed by atoms with van der Waals surface area (Å²) in [7, 11) is 4.00. The van der Waals surface area contributed by atoms with Crippen molar-refractivity contribution in [1.29, 1.82) is 0 Å². The minimum Gasteiger partial charge on any atom is -0.324 e. The molecule has 0 unspecified atom stereocenters. The lowest BCUT2D eigenvalue weighted by Gasteiger charge is -2.39. The van der Waals surface area contributed by atoms with E-state index in [-0.39, 0.29) is 12.1 Å². The Balaban J connectivity index is 1.57. The number of hydrogen-bond acceptors (Lipinski definition) is 4. The highest BCUT2D eigenvalue weighted by molar-refractivity contribution is 5.89. The predicted molar refractivity (Wildman–Crippen MR) is 97.4 cm³/mol. The van der Waals surface area contributed by atoms with E-state index in [1.807, 2.05) is 36.3 Å². The Morgan fingerprint density at radius 3 is 3.00 bits per heavy atom. The van der Waals surface area contributed by atoms with Crippen molar-refractivity contribution in [2.24, 2.45) is 5.92 Å². The molecule has 2 atom stereocenters. The topological polar surface area (TPSA) is 66.3 Å². The summed E-state index contributed by atoms with van der Waals surface area (Å²) in [5.41, 5.74) is 1.63. The van der Waals surface area contributed by atoms with Crippen LogP contribution in [0.5, 0.6) is 0 Å². The molecular weight excluding hydrogens is 316 g/mol.